The van der Waals surface area contributed by atoms with Crippen LogP contribution >= 0.6 is 0 Å². The second kappa shape index (κ2) is 10.1. The molecule has 3 aliphatic carbocycles. The third-order valence-corrected chi connectivity index (χ3v) is 8.37. The molecule has 0 radical (unpaired) electrons. The Labute approximate surface area is 237 Å². The summed E-state index contributed by atoms with van der Waals surface area (Å²) < 4.78 is 12.2. The normalized spacial score (nSPS) is 22.2. The molecule has 0 bridgehead atoms. The fourth-order valence-corrected chi connectivity index (χ4v) is 6.30. The predicted octanol–water partition coefficient (Wildman–Crippen LogP) is 5.51. The molecule has 0 saturated heterocycles. The maximum atomic E-state index is 12.3. The Morgan fingerprint density at radius 2 is 1.90 bits per heavy atom. The highest BCUT2D eigenvalue weighted by Gasteiger charge is 2.45. The van der Waals surface area contributed by atoms with Crippen LogP contribution in [0.2, 0.25) is 0 Å². The molecule has 9 heteroatoms. The van der Waals surface area contributed by atoms with Crippen LogP contribution in [0, 0.1) is 16.7 Å². The average Bonchev–Trinajstić information content (AvgIpc) is 3.63. The summed E-state index contributed by atoms with van der Waals surface area (Å²) in [5, 5.41) is 12.9. The highest BCUT2D eigenvalue weighted by molar-refractivity contribution is 5.83. The van der Waals surface area contributed by atoms with Crippen LogP contribution in [0.1, 0.15) is 84.3 Å². The van der Waals surface area contributed by atoms with E-state index in [-0.39, 0.29) is 29.1 Å². The molecule has 2 aromatic rings. The van der Waals surface area contributed by atoms with E-state index in [4.69, 9.17) is 15.2 Å². The molecule has 1 aromatic heterocycles. The third-order valence-electron chi connectivity index (χ3n) is 8.37. The zero-order chi connectivity index (χ0) is 28.9. The Hall–Kier alpha value is -3.54. The molecule has 0 aliphatic heterocycles. The van der Waals surface area contributed by atoms with Crippen molar-refractivity contribution in [3.63, 3.8) is 0 Å². The molecule has 2 fully saturated rings. The number of aromatic nitrogens is 2. The molecule has 3 aliphatic rings. The number of nitrogens with zero attached hydrogens (tertiary/aromatic N) is 4. The van der Waals surface area contributed by atoms with Crippen LogP contribution in [0.15, 0.2) is 18.5 Å². The van der Waals surface area contributed by atoms with Crippen LogP contribution in [0.3, 0.4) is 0 Å². The highest BCUT2D eigenvalue weighted by Crippen LogP contribution is 2.52. The first-order valence-electron chi connectivity index (χ1n) is 14.4. The molecular weight excluding hydrogens is 504 g/mol. The van der Waals surface area contributed by atoms with Crippen LogP contribution in [0.5, 0.6) is 5.75 Å². The lowest BCUT2D eigenvalue weighted by atomic mass is 9.71. The second-order valence-electron chi connectivity index (χ2n) is 13.5. The van der Waals surface area contributed by atoms with Gasteiger partial charge in [-0.05, 0) is 88.8 Å². The van der Waals surface area contributed by atoms with Gasteiger partial charge in [-0.2, -0.15) is 5.26 Å². The van der Waals surface area contributed by atoms with Gasteiger partial charge in [0.2, 0.25) is 0 Å². The molecule has 3 N–H and O–H groups in total. The Morgan fingerprint density at radius 3 is 2.52 bits per heavy atom. The fraction of sp³-hybridized carbons (Fsp3) is 0.613. The SMILES string of the molecule is CN(CC1(C#N)CC1)c1c(OC2CCC(NC(=O)OC(C)(C)C)CC2)ccc2c1CC(C)(C)c1c(N)ncnc1-2. The number of carbonyl (C=O) groups is 1. The van der Waals surface area contributed by atoms with Gasteiger partial charge in [0, 0.05) is 30.8 Å². The minimum atomic E-state index is -0.517. The van der Waals surface area contributed by atoms with Crippen molar-refractivity contribution in [2.75, 3.05) is 24.2 Å². The van der Waals surface area contributed by atoms with Gasteiger partial charge in [-0.1, -0.05) is 13.8 Å². The molecule has 1 aromatic carbocycles. The lowest BCUT2D eigenvalue weighted by Gasteiger charge is -2.38. The third kappa shape index (κ3) is 5.67. The number of nitriles is 1. The van der Waals surface area contributed by atoms with Crippen molar-refractivity contribution in [1.82, 2.24) is 15.3 Å². The Kier molecular flexibility index (Phi) is 7.10. The van der Waals surface area contributed by atoms with Crippen LogP contribution < -0.4 is 20.7 Å². The van der Waals surface area contributed by atoms with E-state index in [1.165, 1.54) is 11.9 Å². The quantitative estimate of drug-likeness (QED) is 0.485. The van der Waals surface area contributed by atoms with E-state index >= 15 is 0 Å². The number of hydrogen-bond donors (Lipinski definition) is 2. The van der Waals surface area contributed by atoms with Gasteiger partial charge in [-0.3, -0.25) is 0 Å². The Morgan fingerprint density at radius 1 is 1.20 bits per heavy atom. The van der Waals surface area contributed by atoms with E-state index in [9.17, 15) is 10.1 Å². The van der Waals surface area contributed by atoms with Crippen LogP contribution in [0.4, 0.5) is 16.3 Å². The highest BCUT2D eigenvalue weighted by atomic mass is 16.6. The van der Waals surface area contributed by atoms with Crippen molar-refractivity contribution in [2.24, 2.45) is 5.41 Å². The zero-order valence-electron chi connectivity index (χ0n) is 24.6. The fourth-order valence-electron chi connectivity index (χ4n) is 6.30. The Bertz CT molecular complexity index is 1330. The number of nitrogens with one attached hydrogen (secondary N) is 1. The number of benzene rings is 1. The van der Waals surface area contributed by atoms with Crippen molar-refractivity contribution in [3.05, 3.63) is 29.6 Å². The number of nitrogen functional groups attached to an aromatic ring is 1. The van der Waals surface area contributed by atoms with E-state index < -0.39 is 5.60 Å². The number of amides is 1. The average molecular weight is 547 g/mol. The summed E-state index contributed by atoms with van der Waals surface area (Å²) in [7, 11) is 2.07. The maximum absolute atomic E-state index is 12.3. The number of ether oxygens (including phenoxy) is 2. The number of nitrogens with two attached hydrogens (primary N) is 1. The standard InChI is InChI=1S/C31H42N6O3/c1-29(2,3)40-28(38)36-19-7-9-20(10-8-19)39-23-12-11-21-22(26(23)37(6)17-31(16-32)13-14-31)15-30(4,5)24-25(21)34-18-35-27(24)33/h11-12,18-20H,7-10,13-15,17H2,1-6H3,(H,36,38)(H2,33,34,35). The van der Waals surface area contributed by atoms with E-state index in [0.29, 0.717) is 12.4 Å². The van der Waals surface area contributed by atoms with Gasteiger partial charge >= 0.3 is 6.09 Å². The molecule has 1 amide bonds. The number of hydrogen-bond acceptors (Lipinski definition) is 8. The van der Waals surface area contributed by atoms with Crippen molar-refractivity contribution in [1.29, 1.82) is 5.26 Å². The first kappa shape index (κ1) is 28.0. The maximum Gasteiger partial charge on any atom is 0.407 e. The number of alkyl carbamates (subject to hydrolysis) is 1. The molecule has 0 atom stereocenters. The van der Waals surface area contributed by atoms with Crippen molar-refractivity contribution >= 4 is 17.6 Å². The summed E-state index contributed by atoms with van der Waals surface area (Å²) in [6.07, 6.45) is 7.13. The monoisotopic (exact) mass is 546 g/mol. The summed E-state index contributed by atoms with van der Waals surface area (Å²) >= 11 is 0. The number of fused-ring (bicyclic) bond motifs is 3. The molecule has 5 rings (SSSR count). The summed E-state index contributed by atoms with van der Waals surface area (Å²) in [6.45, 7) is 10.6. The molecule has 1 heterocycles. The number of carbonyl (C=O) groups excluding carboxylic acids is 1. The minimum Gasteiger partial charge on any atom is -0.488 e. The molecule has 40 heavy (non-hydrogen) atoms. The summed E-state index contributed by atoms with van der Waals surface area (Å²) in [6, 6.07) is 6.76. The van der Waals surface area contributed by atoms with Gasteiger partial charge in [0.15, 0.2) is 0 Å². The van der Waals surface area contributed by atoms with Gasteiger partial charge < -0.3 is 25.4 Å². The smallest absolute Gasteiger partial charge is 0.407 e. The van der Waals surface area contributed by atoms with Crippen LogP contribution in [0.25, 0.3) is 11.3 Å². The van der Waals surface area contributed by atoms with Crippen LogP contribution in [-0.4, -0.2) is 47.4 Å². The lowest BCUT2D eigenvalue weighted by molar-refractivity contribution is 0.0471. The van der Waals surface area contributed by atoms with E-state index in [1.807, 2.05) is 26.8 Å². The molecule has 9 nitrogen and oxygen atoms in total. The van der Waals surface area contributed by atoms with E-state index in [1.54, 1.807) is 0 Å². The number of rotatable bonds is 6. The summed E-state index contributed by atoms with van der Waals surface area (Å²) in [5.41, 5.74) is 10.4. The van der Waals surface area contributed by atoms with Gasteiger partial charge in [-0.15, -0.1) is 0 Å². The topological polar surface area (TPSA) is 126 Å². The van der Waals surface area contributed by atoms with Crippen LogP contribution in [-0.2, 0) is 16.6 Å². The van der Waals surface area contributed by atoms with Crippen molar-refractivity contribution < 1.29 is 14.3 Å². The molecule has 2 saturated carbocycles. The summed E-state index contributed by atoms with van der Waals surface area (Å²) in [4.78, 5) is 23.4. The van der Waals surface area contributed by atoms with Gasteiger partial charge in [0.05, 0.1) is 29.0 Å². The molecule has 0 spiro atoms. The molecular formula is C31H42N6O3. The Balaban J connectivity index is 1.41. The first-order valence-corrected chi connectivity index (χ1v) is 14.4. The predicted molar refractivity (Wildman–Crippen MR) is 155 cm³/mol. The number of anilines is 2. The van der Waals surface area contributed by atoms with Crippen molar-refractivity contribution in [2.45, 2.75) is 103 Å². The second-order valence-corrected chi connectivity index (χ2v) is 13.5. The van der Waals surface area contributed by atoms with Crippen molar-refractivity contribution in [3.8, 4) is 23.1 Å². The van der Waals surface area contributed by atoms with E-state index in [2.05, 4.69) is 53.2 Å². The first-order chi connectivity index (χ1) is 18.8. The molecule has 214 valence electrons. The molecule has 0 unspecified atom stereocenters. The largest absolute Gasteiger partial charge is 0.488 e. The van der Waals surface area contributed by atoms with Gasteiger partial charge in [0.25, 0.3) is 0 Å². The summed E-state index contributed by atoms with van der Waals surface area (Å²) in [5.74, 6) is 1.36. The minimum absolute atomic E-state index is 0.0367. The van der Waals surface area contributed by atoms with E-state index in [0.717, 1.165) is 73.2 Å². The zero-order valence-corrected chi connectivity index (χ0v) is 24.6. The van der Waals surface area contributed by atoms with Gasteiger partial charge in [-0.25, -0.2) is 14.8 Å². The lowest BCUT2D eigenvalue weighted by Crippen LogP contribution is -2.42. The van der Waals surface area contributed by atoms with Gasteiger partial charge in [0.1, 0.15) is 23.5 Å².